The number of carbonyl (C=O) groups is 1. The highest BCUT2D eigenvalue weighted by atomic mass is 16.1. The van der Waals surface area contributed by atoms with Gasteiger partial charge in [0.2, 0.25) is 0 Å². The Kier molecular flexibility index (Phi) is 4.93. The first kappa shape index (κ1) is 20.6. The lowest BCUT2D eigenvalue weighted by atomic mass is 9.87. The molecule has 0 N–H and O–H groups in total. The third kappa shape index (κ3) is 3.27. The van der Waals surface area contributed by atoms with Crippen LogP contribution in [0, 0.1) is 0 Å². The molecule has 0 radical (unpaired) electrons. The molecule has 0 saturated heterocycles. The van der Waals surface area contributed by atoms with Crippen LogP contribution in [0.5, 0.6) is 0 Å². The van der Waals surface area contributed by atoms with Gasteiger partial charge in [-0.3, -0.25) is 4.79 Å². The number of hydrogen-bond acceptors (Lipinski definition) is 3. The summed E-state index contributed by atoms with van der Waals surface area (Å²) in [5.41, 5.74) is 13.6. The molecule has 3 nitrogen and oxygen atoms in total. The van der Waals surface area contributed by atoms with Gasteiger partial charge in [0.05, 0.1) is 0 Å². The Morgan fingerprint density at radius 2 is 1.00 bits per heavy atom. The van der Waals surface area contributed by atoms with Gasteiger partial charge in [-0.15, -0.1) is 0 Å². The molecule has 7 rings (SSSR count). The molecule has 0 atom stereocenters. The number of allylic oxidation sites excluding steroid dienone is 2. The van der Waals surface area contributed by atoms with Crippen LogP contribution in [0.15, 0.2) is 35.4 Å². The van der Waals surface area contributed by atoms with E-state index in [-0.39, 0.29) is 5.78 Å². The lowest BCUT2D eigenvalue weighted by Gasteiger charge is -2.37. The maximum atomic E-state index is 13.5. The van der Waals surface area contributed by atoms with Crippen molar-refractivity contribution in [3.05, 3.63) is 68.8 Å². The van der Waals surface area contributed by atoms with Crippen molar-refractivity contribution in [3.8, 4) is 0 Å². The molecule has 4 aliphatic heterocycles. The molecule has 2 aromatic rings. The summed E-state index contributed by atoms with van der Waals surface area (Å²) in [6.45, 7) is 4.75. The van der Waals surface area contributed by atoms with Crippen molar-refractivity contribution in [3.63, 3.8) is 0 Å². The van der Waals surface area contributed by atoms with E-state index in [1.165, 1.54) is 109 Å². The van der Waals surface area contributed by atoms with Crippen LogP contribution in [0.1, 0.15) is 71.9 Å². The Labute approximate surface area is 203 Å². The van der Waals surface area contributed by atoms with E-state index in [1.54, 1.807) is 0 Å². The highest BCUT2D eigenvalue weighted by Crippen LogP contribution is 2.41. The molecule has 34 heavy (non-hydrogen) atoms. The lowest BCUT2D eigenvalue weighted by molar-refractivity contribution is -0.111. The predicted molar refractivity (Wildman–Crippen MR) is 141 cm³/mol. The maximum absolute atomic E-state index is 13.5. The number of carbonyl (C=O) groups excluding carboxylic acids is 1. The third-order valence-electron chi connectivity index (χ3n) is 8.80. The van der Waals surface area contributed by atoms with Crippen molar-refractivity contribution in [2.24, 2.45) is 0 Å². The average molecular weight is 451 g/mol. The highest BCUT2D eigenvalue weighted by molar-refractivity contribution is 6.15. The Bertz CT molecular complexity index is 1150. The van der Waals surface area contributed by atoms with Crippen LogP contribution in [0.4, 0.5) is 11.4 Å². The first-order chi connectivity index (χ1) is 16.8. The third-order valence-corrected chi connectivity index (χ3v) is 8.80. The summed E-state index contributed by atoms with van der Waals surface area (Å²) in [5, 5.41) is 0. The molecule has 0 aromatic heterocycles. The fraction of sp³-hybridized carbons (Fsp3) is 0.452. The Balaban J connectivity index is 1.22. The van der Waals surface area contributed by atoms with Crippen molar-refractivity contribution in [2.75, 3.05) is 36.0 Å². The molecule has 1 saturated carbocycles. The molecular formula is C31H34N2O. The zero-order chi connectivity index (χ0) is 22.6. The Morgan fingerprint density at radius 1 is 0.559 bits per heavy atom. The number of ketones is 1. The molecule has 174 valence electrons. The molecule has 3 heteroatoms. The number of aryl methyl sites for hydroxylation is 2. The van der Waals surface area contributed by atoms with Gasteiger partial charge in [0.25, 0.3) is 0 Å². The number of hydrogen-bond donors (Lipinski definition) is 0. The van der Waals surface area contributed by atoms with Gasteiger partial charge in [0.15, 0.2) is 5.78 Å². The molecule has 1 aliphatic carbocycles. The maximum Gasteiger partial charge on any atom is 0.185 e. The second-order valence-corrected chi connectivity index (χ2v) is 10.8. The van der Waals surface area contributed by atoms with E-state index in [2.05, 4.69) is 46.2 Å². The summed E-state index contributed by atoms with van der Waals surface area (Å²) in [7, 11) is 0. The summed E-state index contributed by atoms with van der Waals surface area (Å²) in [6, 6.07) is 9.21. The molecule has 0 bridgehead atoms. The molecule has 0 spiro atoms. The van der Waals surface area contributed by atoms with Gasteiger partial charge >= 0.3 is 0 Å². The summed E-state index contributed by atoms with van der Waals surface area (Å²) in [5.74, 6) is 0.273. The van der Waals surface area contributed by atoms with E-state index in [0.29, 0.717) is 0 Å². The molecule has 0 unspecified atom stereocenters. The van der Waals surface area contributed by atoms with Gasteiger partial charge in [0.1, 0.15) is 0 Å². The van der Waals surface area contributed by atoms with Crippen molar-refractivity contribution in [2.45, 2.75) is 64.2 Å². The smallest absolute Gasteiger partial charge is 0.185 e. The second-order valence-electron chi connectivity index (χ2n) is 10.8. The quantitative estimate of drug-likeness (QED) is 0.531. The summed E-state index contributed by atoms with van der Waals surface area (Å²) in [6.07, 6.45) is 15.9. The van der Waals surface area contributed by atoms with Gasteiger partial charge in [-0.2, -0.15) is 0 Å². The summed E-state index contributed by atoms with van der Waals surface area (Å²) < 4.78 is 0. The Morgan fingerprint density at radius 3 is 1.47 bits per heavy atom. The summed E-state index contributed by atoms with van der Waals surface area (Å²) in [4.78, 5) is 18.7. The summed E-state index contributed by atoms with van der Waals surface area (Å²) >= 11 is 0. The number of benzene rings is 2. The van der Waals surface area contributed by atoms with E-state index in [4.69, 9.17) is 0 Å². The monoisotopic (exact) mass is 450 g/mol. The van der Waals surface area contributed by atoms with Crippen LogP contribution in [0.25, 0.3) is 12.2 Å². The predicted octanol–water partition coefficient (Wildman–Crippen LogP) is 5.91. The molecule has 1 fully saturated rings. The van der Waals surface area contributed by atoms with Crippen LogP contribution >= 0.6 is 0 Å². The fourth-order valence-corrected chi connectivity index (χ4v) is 7.23. The van der Waals surface area contributed by atoms with Crippen molar-refractivity contribution in [1.82, 2.24) is 0 Å². The molecule has 5 aliphatic rings. The topological polar surface area (TPSA) is 23.6 Å². The van der Waals surface area contributed by atoms with Crippen molar-refractivity contribution in [1.29, 1.82) is 0 Å². The van der Waals surface area contributed by atoms with Crippen LogP contribution in [-0.4, -0.2) is 32.0 Å². The van der Waals surface area contributed by atoms with Crippen molar-refractivity contribution >= 4 is 29.3 Å². The fourth-order valence-electron chi connectivity index (χ4n) is 7.23. The van der Waals surface area contributed by atoms with E-state index >= 15 is 0 Å². The van der Waals surface area contributed by atoms with Crippen molar-refractivity contribution < 1.29 is 4.79 Å². The van der Waals surface area contributed by atoms with Crippen LogP contribution < -0.4 is 9.80 Å². The van der Waals surface area contributed by atoms with Crippen LogP contribution in [0.3, 0.4) is 0 Å². The largest absolute Gasteiger partial charge is 0.371 e. The van der Waals surface area contributed by atoms with E-state index in [0.717, 1.165) is 36.8 Å². The van der Waals surface area contributed by atoms with Gasteiger partial charge < -0.3 is 9.80 Å². The molecule has 4 heterocycles. The first-order valence-electron chi connectivity index (χ1n) is 13.5. The number of rotatable bonds is 2. The standard InChI is InChI=1S/C31H34N2O/c34-31-25(19-23-11-9-21-5-1-15-32-17-3-7-27(23)29(21)32)13-14-26(31)20-24-12-10-22-6-2-16-33-18-4-8-28(24)30(22)33/h9-12,19-20H,1-8,13-18H2/b25-19-,26-20+. The van der Waals surface area contributed by atoms with E-state index in [9.17, 15) is 4.79 Å². The minimum Gasteiger partial charge on any atom is -0.371 e. The van der Waals surface area contributed by atoms with Gasteiger partial charge in [-0.1, -0.05) is 24.3 Å². The number of anilines is 2. The minimum atomic E-state index is 0.273. The van der Waals surface area contributed by atoms with E-state index < -0.39 is 0 Å². The Hall–Kier alpha value is -2.81. The lowest BCUT2D eigenvalue weighted by Crippen LogP contribution is -2.34. The minimum absolute atomic E-state index is 0.273. The first-order valence-corrected chi connectivity index (χ1v) is 13.5. The van der Waals surface area contributed by atoms with Crippen LogP contribution in [-0.2, 0) is 30.5 Å². The molecule has 0 amide bonds. The normalized spacial score (nSPS) is 23.5. The van der Waals surface area contributed by atoms with Gasteiger partial charge in [-0.05, 0) is 110 Å². The SMILES string of the molecule is O=C1/C(=C\c2ccc3c4c2CCCN4CCC3)CC/C1=C\c1ccc2c3c1CCCN3CCC2. The zero-order valence-electron chi connectivity index (χ0n) is 20.2. The van der Waals surface area contributed by atoms with Gasteiger partial charge in [0, 0.05) is 48.7 Å². The zero-order valence-corrected chi connectivity index (χ0v) is 20.2. The molecule has 2 aromatic carbocycles. The van der Waals surface area contributed by atoms with E-state index in [1.807, 2.05) is 0 Å². The number of Topliss-reactive ketones (excluding diaryl/α,β-unsaturated/α-hetero) is 1. The molecular weight excluding hydrogens is 416 g/mol. The number of nitrogens with zero attached hydrogens (tertiary/aromatic N) is 2. The highest BCUT2D eigenvalue weighted by Gasteiger charge is 2.29. The van der Waals surface area contributed by atoms with Crippen LogP contribution in [0.2, 0.25) is 0 Å². The average Bonchev–Trinajstić information content (AvgIpc) is 3.21. The van der Waals surface area contributed by atoms with Gasteiger partial charge in [-0.25, -0.2) is 0 Å². The second kappa shape index (κ2) is 8.15.